The molecule has 4 rings (SSSR count). The summed E-state index contributed by atoms with van der Waals surface area (Å²) in [6.45, 7) is 2.16. The van der Waals surface area contributed by atoms with Gasteiger partial charge in [0.2, 0.25) is 5.95 Å². The van der Waals surface area contributed by atoms with Crippen molar-refractivity contribution in [3.8, 4) is 33.9 Å². The van der Waals surface area contributed by atoms with Gasteiger partial charge in [-0.05, 0) is 23.1 Å². The Hall–Kier alpha value is -3.53. The minimum absolute atomic E-state index is 0.221. The van der Waals surface area contributed by atoms with Crippen molar-refractivity contribution in [1.29, 1.82) is 0 Å². The Balaban J connectivity index is 1.69. The van der Waals surface area contributed by atoms with Crippen molar-refractivity contribution in [3.63, 3.8) is 0 Å². The maximum atomic E-state index is 5.92. The predicted molar refractivity (Wildman–Crippen MR) is 110 cm³/mol. The summed E-state index contributed by atoms with van der Waals surface area (Å²) in [5.74, 6) is 1.38. The van der Waals surface area contributed by atoms with Crippen LogP contribution in [0.25, 0.3) is 33.9 Å². The van der Waals surface area contributed by atoms with E-state index in [9.17, 15) is 0 Å². The lowest BCUT2D eigenvalue weighted by molar-refractivity contribution is 1.08. The lowest BCUT2D eigenvalue weighted by Gasteiger charge is -2.07. The summed E-state index contributed by atoms with van der Waals surface area (Å²) < 4.78 is 0. The van der Waals surface area contributed by atoms with Crippen LogP contribution in [-0.2, 0) is 6.42 Å². The van der Waals surface area contributed by atoms with E-state index in [4.69, 9.17) is 5.73 Å². The van der Waals surface area contributed by atoms with E-state index >= 15 is 0 Å². The van der Waals surface area contributed by atoms with Crippen molar-refractivity contribution in [2.45, 2.75) is 13.3 Å². The third-order valence-corrected chi connectivity index (χ3v) is 4.50. The van der Waals surface area contributed by atoms with Gasteiger partial charge < -0.3 is 5.73 Å². The molecule has 1 heterocycles. The van der Waals surface area contributed by atoms with Gasteiger partial charge in [-0.15, -0.1) is 0 Å². The van der Waals surface area contributed by atoms with E-state index in [2.05, 4.69) is 58.3 Å². The predicted octanol–water partition coefficient (Wildman–Crippen LogP) is 5.02. The van der Waals surface area contributed by atoms with Crippen LogP contribution in [0.15, 0.2) is 78.9 Å². The molecule has 0 fully saturated rings. The molecule has 4 heteroatoms. The second-order valence-electron chi connectivity index (χ2n) is 6.34. The fraction of sp³-hybridized carbons (Fsp3) is 0.0870. The van der Waals surface area contributed by atoms with Crippen molar-refractivity contribution in [1.82, 2.24) is 15.0 Å². The quantitative estimate of drug-likeness (QED) is 0.560. The second-order valence-corrected chi connectivity index (χ2v) is 6.34. The number of rotatable bonds is 4. The summed E-state index contributed by atoms with van der Waals surface area (Å²) >= 11 is 0. The van der Waals surface area contributed by atoms with Gasteiger partial charge in [0.15, 0.2) is 11.6 Å². The van der Waals surface area contributed by atoms with Crippen LogP contribution in [0.2, 0.25) is 0 Å². The smallest absolute Gasteiger partial charge is 0.224 e. The number of nitrogens with zero attached hydrogens (tertiary/aromatic N) is 3. The molecule has 27 heavy (non-hydrogen) atoms. The highest BCUT2D eigenvalue weighted by Gasteiger charge is 2.09. The SMILES string of the molecule is CCc1cccc(-c2ccc(-c3nc(N)nc(-c4ccccc4)n3)cc2)c1. The minimum Gasteiger partial charge on any atom is -0.368 e. The number of hydrogen-bond acceptors (Lipinski definition) is 4. The van der Waals surface area contributed by atoms with Gasteiger partial charge in [-0.3, -0.25) is 0 Å². The Kier molecular flexibility index (Phi) is 4.62. The van der Waals surface area contributed by atoms with Gasteiger partial charge in [0.25, 0.3) is 0 Å². The number of benzene rings is 3. The van der Waals surface area contributed by atoms with Gasteiger partial charge in [-0.2, -0.15) is 9.97 Å². The first kappa shape index (κ1) is 16.9. The van der Waals surface area contributed by atoms with Crippen LogP contribution >= 0.6 is 0 Å². The zero-order valence-corrected chi connectivity index (χ0v) is 15.1. The first-order valence-electron chi connectivity index (χ1n) is 8.99. The number of aryl methyl sites for hydroxylation is 1. The number of nitrogens with two attached hydrogens (primary N) is 1. The lowest BCUT2D eigenvalue weighted by atomic mass is 10.0. The zero-order valence-electron chi connectivity index (χ0n) is 15.1. The van der Waals surface area contributed by atoms with E-state index in [0.717, 1.165) is 17.5 Å². The molecule has 0 bridgehead atoms. The fourth-order valence-electron chi connectivity index (χ4n) is 3.02. The minimum atomic E-state index is 0.221. The van der Waals surface area contributed by atoms with E-state index < -0.39 is 0 Å². The highest BCUT2D eigenvalue weighted by atomic mass is 15.1. The van der Waals surface area contributed by atoms with E-state index in [1.54, 1.807) is 0 Å². The van der Waals surface area contributed by atoms with Gasteiger partial charge in [0, 0.05) is 11.1 Å². The van der Waals surface area contributed by atoms with Crippen LogP contribution in [0.5, 0.6) is 0 Å². The summed E-state index contributed by atoms with van der Waals surface area (Å²) in [6.07, 6.45) is 1.03. The van der Waals surface area contributed by atoms with Crippen molar-refractivity contribution in [3.05, 3.63) is 84.4 Å². The second kappa shape index (κ2) is 7.38. The molecule has 0 saturated heterocycles. The van der Waals surface area contributed by atoms with Crippen molar-refractivity contribution in [2.24, 2.45) is 0 Å². The molecule has 0 atom stereocenters. The molecule has 132 valence electrons. The van der Waals surface area contributed by atoms with Crippen LogP contribution in [0, 0.1) is 0 Å². The van der Waals surface area contributed by atoms with Crippen LogP contribution in [0.1, 0.15) is 12.5 Å². The molecule has 0 radical (unpaired) electrons. The summed E-state index contributed by atoms with van der Waals surface area (Å²) in [5, 5.41) is 0. The van der Waals surface area contributed by atoms with Crippen LogP contribution in [-0.4, -0.2) is 15.0 Å². The van der Waals surface area contributed by atoms with Crippen LogP contribution in [0.4, 0.5) is 5.95 Å². The maximum Gasteiger partial charge on any atom is 0.224 e. The van der Waals surface area contributed by atoms with Gasteiger partial charge >= 0.3 is 0 Å². The molecule has 0 saturated carbocycles. The van der Waals surface area contributed by atoms with Gasteiger partial charge in [-0.25, -0.2) is 4.98 Å². The van der Waals surface area contributed by atoms with Crippen molar-refractivity contribution < 1.29 is 0 Å². The van der Waals surface area contributed by atoms with Crippen LogP contribution in [0.3, 0.4) is 0 Å². The molecule has 4 aromatic rings. The first-order chi connectivity index (χ1) is 13.2. The van der Waals surface area contributed by atoms with Gasteiger partial charge in [0.05, 0.1) is 0 Å². The molecule has 0 amide bonds. The normalized spacial score (nSPS) is 10.7. The number of hydrogen-bond donors (Lipinski definition) is 1. The van der Waals surface area contributed by atoms with Crippen LogP contribution < -0.4 is 5.73 Å². The summed E-state index contributed by atoms with van der Waals surface area (Å²) in [5.41, 5.74) is 11.5. The summed E-state index contributed by atoms with van der Waals surface area (Å²) in [4.78, 5) is 13.2. The zero-order chi connectivity index (χ0) is 18.6. The Morgan fingerprint density at radius 3 is 1.89 bits per heavy atom. The van der Waals surface area contributed by atoms with E-state index in [-0.39, 0.29) is 5.95 Å². The Labute approximate surface area is 158 Å². The summed E-state index contributed by atoms with van der Waals surface area (Å²) in [7, 11) is 0. The Morgan fingerprint density at radius 1 is 0.630 bits per heavy atom. The molecule has 4 nitrogen and oxygen atoms in total. The molecular formula is C23H20N4. The number of anilines is 1. The molecule has 2 N–H and O–H groups in total. The van der Waals surface area contributed by atoms with Gasteiger partial charge in [0.1, 0.15) is 0 Å². The monoisotopic (exact) mass is 352 g/mol. The lowest BCUT2D eigenvalue weighted by Crippen LogP contribution is -2.02. The number of aromatic nitrogens is 3. The average molecular weight is 352 g/mol. The van der Waals surface area contributed by atoms with Gasteiger partial charge in [-0.1, -0.05) is 85.8 Å². The largest absolute Gasteiger partial charge is 0.368 e. The molecule has 0 aliphatic rings. The molecule has 0 aliphatic carbocycles. The Bertz CT molecular complexity index is 1060. The molecule has 1 aromatic heterocycles. The topological polar surface area (TPSA) is 64.7 Å². The van der Waals surface area contributed by atoms with Crippen molar-refractivity contribution in [2.75, 3.05) is 5.73 Å². The third kappa shape index (κ3) is 3.70. The Morgan fingerprint density at radius 2 is 1.22 bits per heavy atom. The number of nitrogen functional groups attached to an aromatic ring is 1. The van der Waals surface area contributed by atoms with E-state index in [0.29, 0.717) is 11.6 Å². The fourth-order valence-corrected chi connectivity index (χ4v) is 3.02. The van der Waals surface area contributed by atoms with E-state index in [1.165, 1.54) is 16.7 Å². The van der Waals surface area contributed by atoms with Crippen molar-refractivity contribution >= 4 is 5.95 Å². The van der Waals surface area contributed by atoms with E-state index in [1.807, 2.05) is 42.5 Å². The molecular weight excluding hydrogens is 332 g/mol. The maximum absolute atomic E-state index is 5.92. The molecule has 0 spiro atoms. The standard InChI is InChI=1S/C23H20N4/c1-2-16-7-6-10-20(15-16)17-11-13-19(14-12-17)22-25-21(26-23(24)27-22)18-8-4-3-5-9-18/h3-15H,2H2,1H3,(H2,24,25,26,27). The molecule has 0 aliphatic heterocycles. The highest BCUT2D eigenvalue weighted by Crippen LogP contribution is 2.25. The average Bonchev–Trinajstić information content (AvgIpc) is 2.74. The summed E-state index contributed by atoms with van der Waals surface area (Å²) in [6, 6.07) is 26.6. The molecule has 0 unspecified atom stereocenters. The molecule has 3 aromatic carbocycles. The first-order valence-corrected chi connectivity index (χ1v) is 8.99. The third-order valence-electron chi connectivity index (χ3n) is 4.50. The highest BCUT2D eigenvalue weighted by molar-refractivity contribution is 5.69.